The summed E-state index contributed by atoms with van der Waals surface area (Å²) < 4.78 is 0. The minimum absolute atomic E-state index is 0.0905. The number of hydrogen-bond donors (Lipinski definition) is 1. The molecule has 0 aliphatic carbocycles. The van der Waals surface area contributed by atoms with Gasteiger partial charge >= 0.3 is 0 Å². The molecule has 0 bridgehead atoms. The third kappa shape index (κ3) is 4.29. The molecule has 0 fully saturated rings. The summed E-state index contributed by atoms with van der Waals surface area (Å²) in [4.78, 5) is 11.0. The lowest BCUT2D eigenvalue weighted by atomic mass is 10.0. The number of carbonyl (C=O) groups is 1. The first kappa shape index (κ1) is 11.7. The molecule has 0 aromatic carbocycles. The highest BCUT2D eigenvalue weighted by Crippen LogP contribution is 2.05. The monoisotopic (exact) mass is 177 g/mol. The first-order valence-electron chi connectivity index (χ1n) is 4.11. The van der Waals surface area contributed by atoms with Gasteiger partial charge in [0.2, 0.25) is 0 Å². The van der Waals surface area contributed by atoms with E-state index in [4.69, 9.17) is 6.42 Å². The summed E-state index contributed by atoms with van der Waals surface area (Å²) in [5.41, 5.74) is 0.782. The van der Waals surface area contributed by atoms with Gasteiger partial charge in [-0.15, -0.1) is 6.42 Å². The van der Waals surface area contributed by atoms with Crippen molar-refractivity contribution < 1.29 is 4.79 Å². The van der Waals surface area contributed by atoms with E-state index in [1.54, 1.807) is 26.1 Å². The van der Waals surface area contributed by atoms with Gasteiger partial charge in [-0.3, -0.25) is 4.79 Å². The van der Waals surface area contributed by atoms with Crippen molar-refractivity contribution in [1.29, 1.82) is 0 Å². The van der Waals surface area contributed by atoms with Crippen LogP contribution in [0.25, 0.3) is 0 Å². The molecule has 0 aromatic rings. The molecule has 0 aliphatic heterocycles. The third-order valence-corrected chi connectivity index (χ3v) is 1.77. The fourth-order valence-electron chi connectivity index (χ4n) is 0.986. The molecule has 1 atom stereocenters. The number of likely N-dealkylation sites (N-methyl/N-ethyl adjacent to an activating group) is 1. The highest BCUT2D eigenvalue weighted by molar-refractivity contribution is 5.81. The fraction of sp³-hybridized carbons (Fsp3) is 0.364. The zero-order valence-corrected chi connectivity index (χ0v) is 8.13. The van der Waals surface area contributed by atoms with E-state index in [2.05, 4.69) is 17.8 Å². The molecular weight excluding hydrogens is 162 g/mol. The van der Waals surface area contributed by atoms with E-state index in [9.17, 15) is 4.79 Å². The van der Waals surface area contributed by atoms with Crippen LogP contribution in [0.4, 0.5) is 0 Å². The SMILES string of the molecule is C#C/C(=C\C=C)CC(NC)C(C)=O. The molecule has 1 N–H and O–H groups in total. The Morgan fingerprint density at radius 2 is 2.38 bits per heavy atom. The summed E-state index contributed by atoms with van der Waals surface area (Å²) in [6, 6.07) is -0.192. The number of carbonyl (C=O) groups excluding carboxylic acids is 1. The summed E-state index contributed by atoms with van der Waals surface area (Å²) in [5, 5.41) is 2.90. The Hall–Kier alpha value is -1.33. The Morgan fingerprint density at radius 1 is 1.77 bits per heavy atom. The van der Waals surface area contributed by atoms with Gasteiger partial charge in [0.25, 0.3) is 0 Å². The van der Waals surface area contributed by atoms with Crippen LogP contribution in [-0.2, 0) is 4.79 Å². The molecule has 0 radical (unpaired) electrons. The van der Waals surface area contributed by atoms with Crippen LogP contribution >= 0.6 is 0 Å². The zero-order valence-electron chi connectivity index (χ0n) is 8.13. The van der Waals surface area contributed by atoms with Crippen molar-refractivity contribution in [3.05, 3.63) is 24.3 Å². The van der Waals surface area contributed by atoms with Crippen LogP contribution in [0.5, 0.6) is 0 Å². The Bertz CT molecular complexity index is 258. The molecule has 2 nitrogen and oxygen atoms in total. The van der Waals surface area contributed by atoms with Gasteiger partial charge in [0.15, 0.2) is 0 Å². The van der Waals surface area contributed by atoms with Crippen molar-refractivity contribution in [3.8, 4) is 12.3 Å². The van der Waals surface area contributed by atoms with E-state index in [0.717, 1.165) is 5.57 Å². The van der Waals surface area contributed by atoms with Crippen molar-refractivity contribution in [2.75, 3.05) is 7.05 Å². The van der Waals surface area contributed by atoms with Gasteiger partial charge in [0.1, 0.15) is 5.78 Å². The minimum Gasteiger partial charge on any atom is -0.310 e. The highest BCUT2D eigenvalue weighted by Gasteiger charge is 2.11. The minimum atomic E-state index is -0.192. The normalized spacial score (nSPS) is 13.2. The van der Waals surface area contributed by atoms with Gasteiger partial charge in [0.05, 0.1) is 6.04 Å². The summed E-state index contributed by atoms with van der Waals surface area (Å²) in [7, 11) is 1.74. The van der Waals surface area contributed by atoms with Crippen LogP contribution in [0.15, 0.2) is 24.3 Å². The van der Waals surface area contributed by atoms with E-state index in [0.29, 0.717) is 6.42 Å². The largest absolute Gasteiger partial charge is 0.310 e. The van der Waals surface area contributed by atoms with Crippen molar-refractivity contribution in [1.82, 2.24) is 5.32 Å². The van der Waals surface area contributed by atoms with Gasteiger partial charge in [-0.25, -0.2) is 0 Å². The molecule has 0 heterocycles. The summed E-state index contributed by atoms with van der Waals surface area (Å²) in [5.74, 6) is 2.61. The molecule has 2 heteroatoms. The Balaban J connectivity index is 4.39. The van der Waals surface area contributed by atoms with Gasteiger partial charge in [-0.1, -0.05) is 24.7 Å². The maximum atomic E-state index is 11.0. The molecule has 0 rings (SSSR count). The lowest BCUT2D eigenvalue weighted by Gasteiger charge is -2.11. The predicted octanol–water partition coefficient (Wildman–Crippen LogP) is 1.30. The lowest BCUT2D eigenvalue weighted by Crippen LogP contribution is -2.32. The van der Waals surface area contributed by atoms with E-state index >= 15 is 0 Å². The number of nitrogens with one attached hydrogen (secondary N) is 1. The molecule has 1 unspecified atom stereocenters. The van der Waals surface area contributed by atoms with Gasteiger partial charge in [-0.05, 0) is 14.0 Å². The molecule has 0 amide bonds. The van der Waals surface area contributed by atoms with Crippen molar-refractivity contribution in [2.24, 2.45) is 0 Å². The van der Waals surface area contributed by atoms with Crippen LogP contribution in [-0.4, -0.2) is 18.9 Å². The Labute approximate surface area is 79.7 Å². The number of hydrogen-bond acceptors (Lipinski definition) is 2. The van der Waals surface area contributed by atoms with Crippen LogP contribution in [0, 0.1) is 12.3 Å². The van der Waals surface area contributed by atoms with Crippen LogP contribution < -0.4 is 5.32 Å². The smallest absolute Gasteiger partial charge is 0.147 e. The second-order valence-corrected chi connectivity index (χ2v) is 2.73. The van der Waals surface area contributed by atoms with Crippen LogP contribution in [0.2, 0.25) is 0 Å². The predicted molar refractivity (Wildman–Crippen MR) is 55.3 cm³/mol. The second kappa shape index (κ2) is 6.22. The van der Waals surface area contributed by atoms with Crippen LogP contribution in [0.3, 0.4) is 0 Å². The van der Waals surface area contributed by atoms with E-state index in [1.165, 1.54) is 0 Å². The molecule has 0 saturated carbocycles. The van der Waals surface area contributed by atoms with E-state index in [-0.39, 0.29) is 11.8 Å². The van der Waals surface area contributed by atoms with Gasteiger partial charge in [-0.2, -0.15) is 0 Å². The van der Waals surface area contributed by atoms with E-state index in [1.807, 2.05) is 0 Å². The van der Waals surface area contributed by atoms with E-state index < -0.39 is 0 Å². The molecule has 0 spiro atoms. The molecule has 0 aliphatic rings. The summed E-state index contributed by atoms with van der Waals surface area (Å²) in [6.45, 7) is 5.09. The van der Waals surface area contributed by atoms with Crippen molar-refractivity contribution in [3.63, 3.8) is 0 Å². The molecular formula is C11H15NO. The maximum Gasteiger partial charge on any atom is 0.147 e. The van der Waals surface area contributed by atoms with Crippen LogP contribution in [0.1, 0.15) is 13.3 Å². The number of Topliss-reactive ketones (excluding diaryl/α,β-unsaturated/α-hetero) is 1. The number of rotatable bonds is 5. The fourth-order valence-corrected chi connectivity index (χ4v) is 0.986. The molecule has 0 saturated heterocycles. The second-order valence-electron chi connectivity index (χ2n) is 2.73. The first-order valence-corrected chi connectivity index (χ1v) is 4.11. The number of terminal acetylenes is 1. The quantitative estimate of drug-likeness (QED) is 0.506. The molecule has 13 heavy (non-hydrogen) atoms. The topological polar surface area (TPSA) is 29.1 Å². The van der Waals surface area contributed by atoms with Gasteiger partial charge < -0.3 is 5.32 Å². The average molecular weight is 177 g/mol. The third-order valence-electron chi connectivity index (χ3n) is 1.77. The van der Waals surface area contributed by atoms with Crippen molar-refractivity contribution >= 4 is 5.78 Å². The number of allylic oxidation sites excluding steroid dienone is 2. The zero-order chi connectivity index (χ0) is 10.3. The summed E-state index contributed by atoms with van der Waals surface area (Å²) in [6.07, 6.45) is 9.18. The Kier molecular flexibility index (Phi) is 5.58. The molecule has 70 valence electrons. The number of ketones is 1. The first-order chi connectivity index (χ1) is 6.15. The standard InChI is InChI=1S/C11H15NO/c1-5-7-10(6-2)8-11(12-4)9(3)13/h2,5,7,11-12H,1,8H2,3-4H3/b10-7+. The maximum absolute atomic E-state index is 11.0. The lowest BCUT2D eigenvalue weighted by molar-refractivity contribution is -0.118. The van der Waals surface area contributed by atoms with Gasteiger partial charge in [0, 0.05) is 12.0 Å². The molecule has 0 aromatic heterocycles. The summed E-state index contributed by atoms with van der Waals surface area (Å²) >= 11 is 0. The van der Waals surface area contributed by atoms with Crippen molar-refractivity contribution in [2.45, 2.75) is 19.4 Å². The Morgan fingerprint density at radius 3 is 2.69 bits per heavy atom. The average Bonchev–Trinajstić information content (AvgIpc) is 2.11. The highest BCUT2D eigenvalue weighted by atomic mass is 16.1.